The maximum atomic E-state index is 14.5. The molecule has 27 nitrogen and oxygen atoms in total. The normalized spacial score (nSPS) is 17.2. The van der Waals surface area contributed by atoms with Crippen LogP contribution in [0.4, 0.5) is 0 Å². The SMILES string of the molecule is CC(C)[C@H](N)C(=O)N[C@H](C(=O)N[C@@H](CCCN=C(N)N)C(=O)N[C@@H](C)C(=O)N[C@H](C(=O)N[C@@H](Cc1ccc(O)cc1)C(=O)N1CCC[C@H]1C(=O)N[C@@H](CO)C(=O)N[C@@H](Cc1c[nH]c2ccccc12)C(=O)O)[C@@H](C)O)[C@@H](C)O. The van der Waals surface area contributed by atoms with E-state index in [9.17, 15) is 68.7 Å². The number of hydrogen-bond donors (Lipinski definition) is 16. The molecule has 1 saturated heterocycles. The number of nitrogens with one attached hydrogen (secondary N) is 8. The number of aliphatic hydroxyl groups excluding tert-OH is 3. The quantitative estimate of drug-likeness (QED) is 0.0187. The predicted octanol–water partition coefficient (Wildman–Crippen LogP) is -4.06. The fourth-order valence-corrected chi connectivity index (χ4v) is 8.34. The third-order valence-corrected chi connectivity index (χ3v) is 12.8. The molecule has 0 aliphatic carbocycles. The van der Waals surface area contributed by atoms with Crippen LogP contribution >= 0.6 is 0 Å². The number of rotatable bonds is 28. The summed E-state index contributed by atoms with van der Waals surface area (Å²) in [5.41, 5.74) is 18.5. The highest BCUT2D eigenvalue weighted by molar-refractivity contribution is 5.98. The maximum Gasteiger partial charge on any atom is 0.326 e. The van der Waals surface area contributed by atoms with Gasteiger partial charge in [-0.2, -0.15) is 0 Å². The van der Waals surface area contributed by atoms with Crippen LogP contribution in [0.2, 0.25) is 0 Å². The van der Waals surface area contributed by atoms with Gasteiger partial charge in [-0.25, -0.2) is 4.79 Å². The van der Waals surface area contributed by atoms with Gasteiger partial charge >= 0.3 is 5.97 Å². The van der Waals surface area contributed by atoms with E-state index < -0.39 is 126 Å². The van der Waals surface area contributed by atoms with Gasteiger partial charge in [0.15, 0.2) is 5.96 Å². The second-order valence-corrected chi connectivity index (χ2v) is 19.3. The van der Waals surface area contributed by atoms with Gasteiger partial charge in [-0.05, 0) is 81.7 Å². The monoisotopic (exact) mass is 1080 g/mol. The zero-order chi connectivity index (χ0) is 57.3. The first-order valence-electron chi connectivity index (χ1n) is 25.1. The topological polar surface area (TPSA) is 448 Å². The molecule has 11 atom stereocenters. The molecule has 1 aliphatic heterocycles. The number of aromatic amines is 1. The standard InChI is InChI=1S/C50H73N13O14/c1-24(2)38(51)45(72)62-40(27(5)66)46(73)57-33(12-8-18-54-50(52)53)42(69)56-25(3)41(68)61-39(26(4)65)47(74)58-34(20-28-14-16-30(67)17-15-28)48(75)63-19-9-13-37(63)44(71)60-36(23-64)43(70)59-35(49(76)77)21-29-22-55-32-11-7-6-10-31(29)32/h6-7,10-11,14-17,22,24-27,33-40,55,64-67H,8-9,12-13,18-21,23,51H2,1-5H3,(H,56,69)(H,57,73)(H,58,74)(H,59,70)(H,60,71)(H,61,68)(H,62,72)(H,76,77)(H4,52,53,54)/t25-,26+,27+,33-,34-,35-,36-,37-,38-,39-,40-/m0/s1. The van der Waals surface area contributed by atoms with Gasteiger partial charge in [0.1, 0.15) is 54.1 Å². The van der Waals surface area contributed by atoms with Crippen molar-refractivity contribution in [3.63, 3.8) is 0 Å². The Morgan fingerprint density at radius 2 is 1.30 bits per heavy atom. The number of carbonyl (C=O) groups excluding carboxylic acids is 8. The lowest BCUT2D eigenvalue weighted by molar-refractivity contribution is -0.144. The summed E-state index contributed by atoms with van der Waals surface area (Å²) in [5, 5.41) is 69.2. The van der Waals surface area contributed by atoms with Gasteiger partial charge in [-0.3, -0.25) is 43.3 Å². The van der Waals surface area contributed by atoms with Crippen LogP contribution in [0.15, 0.2) is 59.7 Å². The maximum absolute atomic E-state index is 14.5. The van der Waals surface area contributed by atoms with Gasteiger partial charge in [0.25, 0.3) is 0 Å². The average molecular weight is 1080 g/mol. The Labute approximate surface area is 443 Å². The summed E-state index contributed by atoms with van der Waals surface area (Å²) in [7, 11) is 0. The number of para-hydroxylation sites is 1. The van der Waals surface area contributed by atoms with Crippen LogP contribution < -0.4 is 54.4 Å². The van der Waals surface area contributed by atoms with Crippen molar-refractivity contribution in [2.24, 2.45) is 28.1 Å². The first kappa shape index (κ1) is 61.7. The minimum atomic E-state index is -1.77. The molecule has 3 aromatic rings. The summed E-state index contributed by atoms with van der Waals surface area (Å²) in [6.45, 7) is 6.09. The summed E-state index contributed by atoms with van der Waals surface area (Å²) in [6.07, 6.45) is -1.45. The number of nitrogens with zero attached hydrogens (tertiary/aromatic N) is 2. The number of aromatic hydroxyl groups is 1. The number of nitrogens with two attached hydrogens (primary N) is 3. The number of guanidine groups is 1. The van der Waals surface area contributed by atoms with E-state index in [2.05, 4.69) is 47.2 Å². The zero-order valence-electron chi connectivity index (χ0n) is 43.5. The second kappa shape index (κ2) is 28.9. The molecule has 19 N–H and O–H groups in total. The lowest BCUT2D eigenvalue weighted by atomic mass is 10.0. The molecule has 422 valence electrons. The number of fused-ring (bicyclic) bond motifs is 1. The Morgan fingerprint density at radius 3 is 1.88 bits per heavy atom. The van der Waals surface area contributed by atoms with Crippen LogP contribution in [0, 0.1) is 5.92 Å². The van der Waals surface area contributed by atoms with Crippen molar-refractivity contribution in [3.8, 4) is 5.75 Å². The van der Waals surface area contributed by atoms with Crippen LogP contribution in [-0.2, 0) is 56.0 Å². The van der Waals surface area contributed by atoms with Crippen molar-refractivity contribution in [1.29, 1.82) is 0 Å². The van der Waals surface area contributed by atoms with Gasteiger partial charge in [0.2, 0.25) is 47.3 Å². The minimum absolute atomic E-state index is 0.00923. The molecule has 27 heteroatoms. The number of benzene rings is 2. The number of hydrogen-bond acceptors (Lipinski definition) is 15. The van der Waals surface area contributed by atoms with Crippen LogP contribution in [0.3, 0.4) is 0 Å². The van der Waals surface area contributed by atoms with Crippen LogP contribution in [0.1, 0.15) is 71.4 Å². The third kappa shape index (κ3) is 17.9. The molecule has 1 aliphatic rings. The Bertz CT molecular complexity index is 2590. The number of aromatic nitrogens is 1. The third-order valence-electron chi connectivity index (χ3n) is 12.8. The van der Waals surface area contributed by atoms with Crippen molar-refractivity contribution in [2.75, 3.05) is 19.7 Å². The second-order valence-electron chi connectivity index (χ2n) is 19.3. The lowest BCUT2D eigenvalue weighted by Crippen LogP contribution is -2.62. The number of aliphatic imine (C=N–C) groups is 1. The molecule has 2 aromatic carbocycles. The molecule has 4 rings (SSSR count). The van der Waals surface area contributed by atoms with E-state index in [0.29, 0.717) is 11.1 Å². The van der Waals surface area contributed by atoms with E-state index >= 15 is 0 Å². The highest BCUT2D eigenvalue weighted by Gasteiger charge is 2.41. The number of aliphatic hydroxyl groups is 3. The molecule has 0 radical (unpaired) electrons. The molecule has 0 unspecified atom stereocenters. The predicted molar refractivity (Wildman–Crippen MR) is 279 cm³/mol. The Balaban J connectivity index is 1.49. The lowest BCUT2D eigenvalue weighted by Gasteiger charge is -2.31. The van der Waals surface area contributed by atoms with Crippen LogP contribution in [0.25, 0.3) is 10.9 Å². The minimum Gasteiger partial charge on any atom is -0.508 e. The molecule has 0 spiro atoms. The summed E-state index contributed by atoms with van der Waals surface area (Å²) >= 11 is 0. The smallest absolute Gasteiger partial charge is 0.326 e. The molecule has 2 heterocycles. The van der Waals surface area contributed by atoms with Gasteiger partial charge in [0, 0.05) is 43.0 Å². The van der Waals surface area contributed by atoms with E-state index in [1.54, 1.807) is 44.3 Å². The van der Waals surface area contributed by atoms with Gasteiger partial charge in [-0.1, -0.05) is 44.2 Å². The highest BCUT2D eigenvalue weighted by Crippen LogP contribution is 2.22. The number of carbonyl (C=O) groups is 9. The number of carboxylic acid groups (broad SMARTS) is 1. The Kier molecular flexibility index (Phi) is 23.1. The van der Waals surface area contributed by atoms with Gasteiger partial charge < -0.3 is 89.8 Å². The number of H-pyrrole nitrogens is 1. The molecule has 0 saturated carbocycles. The van der Waals surface area contributed by atoms with Crippen LogP contribution in [0.5, 0.6) is 5.75 Å². The summed E-state index contributed by atoms with van der Waals surface area (Å²) in [4.78, 5) is 130. The number of aliphatic carboxylic acids is 1. The zero-order valence-corrected chi connectivity index (χ0v) is 43.5. The first-order chi connectivity index (χ1) is 36.3. The molecular weight excluding hydrogens is 1010 g/mol. The molecule has 1 aromatic heterocycles. The van der Waals surface area contributed by atoms with E-state index in [0.717, 1.165) is 15.8 Å². The molecule has 8 amide bonds. The summed E-state index contributed by atoms with van der Waals surface area (Å²) in [5.74, 6) is -9.42. The molecule has 1 fully saturated rings. The van der Waals surface area contributed by atoms with E-state index in [1.165, 1.54) is 45.0 Å². The van der Waals surface area contributed by atoms with Crippen molar-refractivity contribution in [1.82, 2.24) is 47.1 Å². The average Bonchev–Trinajstić information content (AvgIpc) is 4.04. The largest absolute Gasteiger partial charge is 0.508 e. The van der Waals surface area contributed by atoms with Gasteiger partial charge in [-0.15, -0.1) is 0 Å². The van der Waals surface area contributed by atoms with Crippen LogP contribution in [-0.4, -0.2) is 181 Å². The Hall–Kier alpha value is -7.88. The summed E-state index contributed by atoms with van der Waals surface area (Å²) < 4.78 is 0. The summed E-state index contributed by atoms with van der Waals surface area (Å²) in [6, 6.07) is -0.297. The number of phenolic OH excluding ortho intramolecular Hbond substituents is 1. The number of phenols is 1. The van der Waals surface area contributed by atoms with Crippen molar-refractivity contribution in [2.45, 2.75) is 140 Å². The van der Waals surface area contributed by atoms with E-state index in [-0.39, 0.29) is 69.2 Å². The fraction of sp³-hybridized carbons (Fsp3) is 0.520. The van der Waals surface area contributed by atoms with Crippen molar-refractivity contribution < 1.29 is 68.7 Å². The molecule has 0 bridgehead atoms. The van der Waals surface area contributed by atoms with Crippen molar-refractivity contribution >= 4 is 70.1 Å². The number of carboxylic acids is 1. The molecular formula is C50H73N13O14. The Morgan fingerprint density at radius 1 is 0.714 bits per heavy atom. The molecule has 77 heavy (non-hydrogen) atoms. The fourth-order valence-electron chi connectivity index (χ4n) is 8.34. The van der Waals surface area contributed by atoms with Gasteiger partial charge in [0.05, 0.1) is 24.9 Å². The van der Waals surface area contributed by atoms with E-state index in [1.807, 2.05) is 0 Å². The number of likely N-dealkylation sites (tertiary alicyclic amines) is 1. The first-order valence-corrected chi connectivity index (χ1v) is 25.1. The van der Waals surface area contributed by atoms with Crippen molar-refractivity contribution in [3.05, 3.63) is 65.9 Å². The van der Waals surface area contributed by atoms with E-state index in [4.69, 9.17) is 17.2 Å². The number of amides is 8. The highest BCUT2D eigenvalue weighted by atomic mass is 16.4.